The molecule has 1 fully saturated rings. The fourth-order valence-corrected chi connectivity index (χ4v) is 2.58. The standard InChI is InChI=1S/C15H17F3N2O4/c16-15(17,18)14(24)19-8-9-1-3-20(4-2-9)13(23)10-5-11(21)7-12(22)6-10/h5-7,9,21-22H,1-4,8H2,(H,19,24). The van der Waals surface area contributed by atoms with E-state index in [-0.39, 0.29) is 35.4 Å². The zero-order chi connectivity index (χ0) is 17.9. The molecule has 1 aromatic carbocycles. The van der Waals surface area contributed by atoms with E-state index < -0.39 is 12.1 Å². The van der Waals surface area contributed by atoms with Gasteiger partial charge in [-0.25, -0.2) is 0 Å². The number of nitrogens with one attached hydrogen (secondary N) is 1. The third-order valence-electron chi connectivity index (χ3n) is 3.86. The van der Waals surface area contributed by atoms with Crippen LogP contribution in [0.2, 0.25) is 0 Å². The average Bonchev–Trinajstić information content (AvgIpc) is 2.50. The molecule has 0 aromatic heterocycles. The first-order chi connectivity index (χ1) is 11.2. The van der Waals surface area contributed by atoms with Gasteiger partial charge in [0.05, 0.1) is 0 Å². The topological polar surface area (TPSA) is 89.9 Å². The van der Waals surface area contributed by atoms with Crippen molar-refractivity contribution in [2.24, 2.45) is 5.92 Å². The van der Waals surface area contributed by atoms with Gasteiger partial charge in [-0.1, -0.05) is 0 Å². The van der Waals surface area contributed by atoms with Gasteiger partial charge in [0, 0.05) is 31.3 Å². The third kappa shape index (κ3) is 4.53. The lowest BCUT2D eigenvalue weighted by molar-refractivity contribution is -0.173. The molecule has 132 valence electrons. The summed E-state index contributed by atoms with van der Waals surface area (Å²) in [5, 5.41) is 20.7. The lowest BCUT2D eigenvalue weighted by Gasteiger charge is -2.32. The Labute approximate surface area is 135 Å². The molecule has 9 heteroatoms. The molecule has 1 heterocycles. The summed E-state index contributed by atoms with van der Waals surface area (Å²) in [6.45, 7) is 0.552. The predicted octanol–water partition coefficient (Wildman–Crippen LogP) is 1.63. The van der Waals surface area contributed by atoms with Gasteiger partial charge in [-0.2, -0.15) is 13.2 Å². The number of phenols is 2. The zero-order valence-corrected chi connectivity index (χ0v) is 12.6. The van der Waals surface area contributed by atoms with Gasteiger partial charge in [-0.05, 0) is 30.9 Å². The number of halogens is 3. The molecule has 2 amide bonds. The van der Waals surface area contributed by atoms with Crippen molar-refractivity contribution in [2.45, 2.75) is 19.0 Å². The van der Waals surface area contributed by atoms with Gasteiger partial charge in [0.25, 0.3) is 5.91 Å². The van der Waals surface area contributed by atoms with Crippen LogP contribution in [0.25, 0.3) is 0 Å². The van der Waals surface area contributed by atoms with Gasteiger partial charge >= 0.3 is 12.1 Å². The lowest BCUT2D eigenvalue weighted by Crippen LogP contribution is -2.44. The smallest absolute Gasteiger partial charge is 0.471 e. The molecule has 1 aliphatic rings. The molecule has 0 atom stereocenters. The summed E-state index contributed by atoms with van der Waals surface area (Å²) in [7, 11) is 0. The molecule has 1 aliphatic heterocycles. The summed E-state index contributed by atoms with van der Waals surface area (Å²) in [4.78, 5) is 24.6. The van der Waals surface area contributed by atoms with Crippen LogP contribution in [-0.2, 0) is 4.79 Å². The van der Waals surface area contributed by atoms with E-state index in [4.69, 9.17) is 0 Å². The average molecular weight is 346 g/mol. The fourth-order valence-electron chi connectivity index (χ4n) is 2.58. The summed E-state index contributed by atoms with van der Waals surface area (Å²) in [6.07, 6.45) is -3.99. The molecule has 0 saturated carbocycles. The highest BCUT2D eigenvalue weighted by molar-refractivity contribution is 5.95. The predicted molar refractivity (Wildman–Crippen MR) is 77.5 cm³/mol. The molecule has 24 heavy (non-hydrogen) atoms. The van der Waals surface area contributed by atoms with Gasteiger partial charge < -0.3 is 20.4 Å². The van der Waals surface area contributed by atoms with Gasteiger partial charge in [-0.3, -0.25) is 9.59 Å². The normalized spacial score (nSPS) is 16.0. The van der Waals surface area contributed by atoms with E-state index in [1.165, 1.54) is 17.0 Å². The Kier molecular flexibility index (Phi) is 5.20. The van der Waals surface area contributed by atoms with E-state index in [1.807, 2.05) is 5.32 Å². The van der Waals surface area contributed by atoms with E-state index in [0.29, 0.717) is 25.9 Å². The first kappa shape index (κ1) is 17.9. The third-order valence-corrected chi connectivity index (χ3v) is 3.86. The minimum absolute atomic E-state index is 0.0900. The van der Waals surface area contributed by atoms with Crippen LogP contribution in [0.4, 0.5) is 13.2 Å². The maximum absolute atomic E-state index is 12.3. The summed E-state index contributed by atoms with van der Waals surface area (Å²) < 4.78 is 36.4. The molecule has 0 unspecified atom stereocenters. The fraction of sp³-hybridized carbons (Fsp3) is 0.467. The van der Waals surface area contributed by atoms with Crippen molar-refractivity contribution in [3.63, 3.8) is 0 Å². The Balaban J connectivity index is 1.86. The van der Waals surface area contributed by atoms with E-state index in [1.54, 1.807) is 0 Å². The summed E-state index contributed by atoms with van der Waals surface area (Å²) in [5.74, 6) is -2.95. The monoisotopic (exact) mass is 346 g/mol. The number of piperidine rings is 1. The van der Waals surface area contributed by atoms with Crippen LogP contribution in [-0.4, -0.2) is 52.7 Å². The van der Waals surface area contributed by atoms with Gasteiger partial charge in [-0.15, -0.1) is 0 Å². The van der Waals surface area contributed by atoms with Crippen LogP contribution in [0.15, 0.2) is 18.2 Å². The molecule has 3 N–H and O–H groups in total. The van der Waals surface area contributed by atoms with Crippen molar-refractivity contribution in [1.29, 1.82) is 0 Å². The van der Waals surface area contributed by atoms with E-state index in [9.17, 15) is 33.0 Å². The highest BCUT2D eigenvalue weighted by atomic mass is 19.4. The SMILES string of the molecule is O=C(c1cc(O)cc(O)c1)N1CCC(CNC(=O)C(F)(F)F)CC1. The number of phenolic OH excluding ortho intramolecular Hbond substituents is 2. The first-order valence-corrected chi connectivity index (χ1v) is 7.34. The van der Waals surface area contributed by atoms with Crippen molar-refractivity contribution < 1.29 is 33.0 Å². The molecule has 0 spiro atoms. The van der Waals surface area contributed by atoms with Crippen LogP contribution in [0.5, 0.6) is 11.5 Å². The molecule has 0 bridgehead atoms. The number of amides is 2. The number of hydrogen-bond acceptors (Lipinski definition) is 4. The Morgan fingerprint density at radius 2 is 1.67 bits per heavy atom. The quantitative estimate of drug-likeness (QED) is 0.776. The van der Waals surface area contributed by atoms with E-state index in [2.05, 4.69) is 0 Å². The van der Waals surface area contributed by atoms with Gasteiger partial charge in [0.2, 0.25) is 0 Å². The van der Waals surface area contributed by atoms with Crippen LogP contribution >= 0.6 is 0 Å². The van der Waals surface area contributed by atoms with Crippen molar-refractivity contribution in [3.05, 3.63) is 23.8 Å². The highest BCUT2D eigenvalue weighted by Crippen LogP contribution is 2.24. The summed E-state index contributed by atoms with van der Waals surface area (Å²) in [6, 6.07) is 3.57. The highest BCUT2D eigenvalue weighted by Gasteiger charge is 2.38. The number of alkyl halides is 3. The Hall–Kier alpha value is -2.45. The Bertz CT molecular complexity index is 605. The number of rotatable bonds is 3. The van der Waals surface area contributed by atoms with Crippen molar-refractivity contribution in [3.8, 4) is 11.5 Å². The molecule has 0 aliphatic carbocycles. The minimum atomic E-state index is -4.89. The van der Waals surface area contributed by atoms with Crippen molar-refractivity contribution in [2.75, 3.05) is 19.6 Å². The minimum Gasteiger partial charge on any atom is -0.508 e. The second-order valence-corrected chi connectivity index (χ2v) is 5.68. The van der Waals surface area contributed by atoms with E-state index >= 15 is 0 Å². The second kappa shape index (κ2) is 6.98. The summed E-state index contributed by atoms with van der Waals surface area (Å²) >= 11 is 0. The van der Waals surface area contributed by atoms with E-state index in [0.717, 1.165) is 6.07 Å². The number of likely N-dealkylation sites (tertiary alicyclic amines) is 1. The molecular weight excluding hydrogens is 329 g/mol. The Morgan fingerprint density at radius 1 is 1.12 bits per heavy atom. The number of carbonyl (C=O) groups is 2. The zero-order valence-electron chi connectivity index (χ0n) is 12.6. The van der Waals surface area contributed by atoms with Crippen molar-refractivity contribution >= 4 is 11.8 Å². The van der Waals surface area contributed by atoms with Crippen LogP contribution in [0.1, 0.15) is 23.2 Å². The first-order valence-electron chi connectivity index (χ1n) is 7.34. The number of hydrogen-bond donors (Lipinski definition) is 3. The molecule has 1 saturated heterocycles. The summed E-state index contributed by atoms with van der Waals surface area (Å²) in [5.41, 5.74) is 0.135. The second-order valence-electron chi connectivity index (χ2n) is 5.68. The molecule has 1 aromatic rings. The number of aromatic hydroxyl groups is 2. The largest absolute Gasteiger partial charge is 0.508 e. The molecular formula is C15H17F3N2O4. The van der Waals surface area contributed by atoms with Crippen LogP contribution in [0, 0.1) is 5.92 Å². The van der Waals surface area contributed by atoms with Gasteiger partial charge in [0.15, 0.2) is 0 Å². The number of carbonyl (C=O) groups excluding carboxylic acids is 2. The maximum Gasteiger partial charge on any atom is 0.471 e. The van der Waals surface area contributed by atoms with Crippen LogP contribution in [0.3, 0.4) is 0 Å². The number of nitrogens with zero attached hydrogens (tertiary/aromatic N) is 1. The van der Waals surface area contributed by atoms with Crippen molar-refractivity contribution in [1.82, 2.24) is 10.2 Å². The molecule has 2 rings (SSSR count). The van der Waals surface area contributed by atoms with Gasteiger partial charge in [0.1, 0.15) is 11.5 Å². The molecule has 6 nitrogen and oxygen atoms in total. The maximum atomic E-state index is 12.3. The molecule has 0 radical (unpaired) electrons. The number of benzene rings is 1. The Morgan fingerprint density at radius 3 is 2.17 bits per heavy atom. The van der Waals surface area contributed by atoms with Crippen LogP contribution < -0.4 is 5.32 Å². The lowest BCUT2D eigenvalue weighted by atomic mass is 9.96.